The lowest BCUT2D eigenvalue weighted by atomic mass is 10.1. The quantitative estimate of drug-likeness (QED) is 0.779. The summed E-state index contributed by atoms with van der Waals surface area (Å²) in [4.78, 5) is 11.8. The molecule has 0 radical (unpaired) electrons. The second-order valence-corrected chi connectivity index (χ2v) is 4.44. The van der Waals surface area contributed by atoms with Crippen LogP contribution in [0.2, 0.25) is 0 Å². The minimum Gasteiger partial charge on any atom is -0.507 e. The van der Waals surface area contributed by atoms with Crippen LogP contribution in [-0.2, 0) is 4.74 Å². The van der Waals surface area contributed by atoms with Crippen molar-refractivity contribution in [2.75, 3.05) is 0 Å². The minimum atomic E-state index is -0.555. The molecule has 0 aromatic heterocycles. The Morgan fingerprint density at radius 2 is 2.06 bits per heavy atom. The molecule has 0 atom stereocenters. The van der Waals surface area contributed by atoms with Gasteiger partial charge in [0, 0.05) is 5.56 Å². The monoisotopic (exact) mass is 220 g/mol. The summed E-state index contributed by atoms with van der Waals surface area (Å²) in [6.45, 7) is 8.94. The molecule has 3 nitrogen and oxygen atoms in total. The molecule has 0 bridgehead atoms. The van der Waals surface area contributed by atoms with Gasteiger partial charge in [0.15, 0.2) is 0 Å². The van der Waals surface area contributed by atoms with Crippen LogP contribution >= 0.6 is 0 Å². The second-order valence-electron chi connectivity index (χ2n) is 4.44. The van der Waals surface area contributed by atoms with Crippen LogP contribution < -0.4 is 0 Å². The Balaban J connectivity index is 3.09. The van der Waals surface area contributed by atoms with Crippen molar-refractivity contribution in [2.24, 2.45) is 0 Å². The number of benzene rings is 1. The molecule has 1 N–H and O–H groups in total. The number of hydrogen-bond acceptors (Lipinski definition) is 3. The Bertz CT molecular complexity index is 414. The fourth-order valence-corrected chi connectivity index (χ4v) is 1.28. The summed E-state index contributed by atoms with van der Waals surface area (Å²) >= 11 is 0. The lowest BCUT2D eigenvalue weighted by Gasteiger charge is -2.20. The Kier molecular flexibility index (Phi) is 3.38. The third-order valence-corrected chi connectivity index (χ3v) is 1.91. The van der Waals surface area contributed by atoms with Gasteiger partial charge in [0.1, 0.15) is 11.4 Å². The van der Waals surface area contributed by atoms with Gasteiger partial charge in [-0.15, -0.1) is 0 Å². The van der Waals surface area contributed by atoms with Crippen LogP contribution in [-0.4, -0.2) is 16.7 Å². The van der Waals surface area contributed by atoms with Gasteiger partial charge in [-0.25, -0.2) is 4.79 Å². The summed E-state index contributed by atoms with van der Waals surface area (Å²) < 4.78 is 5.22. The standard InChI is InChI=1S/C13H16O3/c1-5-9-10(7-6-8-11(9)14)12(15)16-13(2,3)4/h5-8,14H,1H2,2-4H3. The molecule has 1 aromatic rings. The first kappa shape index (κ1) is 12.3. The van der Waals surface area contributed by atoms with Gasteiger partial charge in [-0.3, -0.25) is 0 Å². The summed E-state index contributed by atoms with van der Waals surface area (Å²) in [5, 5.41) is 9.56. The molecule has 0 aliphatic rings. The van der Waals surface area contributed by atoms with E-state index in [0.29, 0.717) is 11.1 Å². The Morgan fingerprint density at radius 3 is 2.56 bits per heavy atom. The van der Waals surface area contributed by atoms with Crippen LogP contribution in [0.3, 0.4) is 0 Å². The normalized spacial score (nSPS) is 10.9. The summed E-state index contributed by atoms with van der Waals surface area (Å²) in [5.74, 6) is -0.434. The van der Waals surface area contributed by atoms with Crippen LogP contribution in [0.25, 0.3) is 6.08 Å². The third-order valence-electron chi connectivity index (χ3n) is 1.91. The average Bonchev–Trinajstić information content (AvgIpc) is 2.14. The van der Waals surface area contributed by atoms with E-state index in [1.165, 1.54) is 12.1 Å². The van der Waals surface area contributed by atoms with E-state index in [2.05, 4.69) is 6.58 Å². The number of esters is 1. The van der Waals surface area contributed by atoms with Crippen LogP contribution in [0.1, 0.15) is 36.7 Å². The molecule has 0 fully saturated rings. The lowest BCUT2D eigenvalue weighted by Crippen LogP contribution is -2.24. The van der Waals surface area contributed by atoms with Crippen LogP contribution in [0.15, 0.2) is 24.8 Å². The van der Waals surface area contributed by atoms with E-state index in [1.807, 2.05) is 0 Å². The minimum absolute atomic E-state index is 0.0263. The number of carbonyl (C=O) groups is 1. The lowest BCUT2D eigenvalue weighted by molar-refractivity contribution is 0.00689. The van der Waals surface area contributed by atoms with E-state index >= 15 is 0 Å². The molecule has 3 heteroatoms. The third kappa shape index (κ3) is 2.86. The average molecular weight is 220 g/mol. The Morgan fingerprint density at radius 1 is 1.44 bits per heavy atom. The van der Waals surface area contributed by atoms with E-state index in [-0.39, 0.29) is 5.75 Å². The van der Waals surface area contributed by atoms with Gasteiger partial charge in [-0.1, -0.05) is 18.7 Å². The van der Waals surface area contributed by atoms with E-state index in [1.54, 1.807) is 32.9 Å². The van der Waals surface area contributed by atoms with E-state index in [9.17, 15) is 9.90 Å². The highest BCUT2D eigenvalue weighted by molar-refractivity contribution is 5.94. The fourth-order valence-electron chi connectivity index (χ4n) is 1.28. The molecule has 0 aliphatic carbocycles. The number of aromatic hydroxyl groups is 1. The van der Waals surface area contributed by atoms with Crippen LogP contribution in [0.5, 0.6) is 5.75 Å². The Hall–Kier alpha value is -1.77. The molecule has 0 spiro atoms. The largest absolute Gasteiger partial charge is 0.507 e. The van der Waals surface area contributed by atoms with Gasteiger partial charge in [0.25, 0.3) is 0 Å². The van der Waals surface area contributed by atoms with Crippen molar-refractivity contribution in [1.82, 2.24) is 0 Å². The van der Waals surface area contributed by atoms with Gasteiger partial charge < -0.3 is 9.84 Å². The highest BCUT2D eigenvalue weighted by atomic mass is 16.6. The van der Waals surface area contributed by atoms with E-state index < -0.39 is 11.6 Å². The predicted octanol–water partition coefficient (Wildman–Crippen LogP) is 2.99. The fraction of sp³-hybridized carbons (Fsp3) is 0.308. The highest BCUT2D eigenvalue weighted by Crippen LogP contribution is 2.24. The molecule has 1 rings (SSSR count). The number of ether oxygens (including phenoxy) is 1. The molecule has 1 aromatic carbocycles. The molecular formula is C13H16O3. The number of phenolic OH excluding ortho intramolecular Hbond substituents is 1. The summed E-state index contributed by atoms with van der Waals surface area (Å²) in [6, 6.07) is 4.71. The number of hydrogen-bond donors (Lipinski definition) is 1. The van der Waals surface area contributed by atoms with Crippen molar-refractivity contribution in [2.45, 2.75) is 26.4 Å². The van der Waals surface area contributed by atoms with E-state index in [4.69, 9.17) is 4.74 Å². The zero-order valence-electron chi connectivity index (χ0n) is 9.78. The van der Waals surface area contributed by atoms with Crippen molar-refractivity contribution >= 4 is 12.0 Å². The van der Waals surface area contributed by atoms with Crippen molar-refractivity contribution in [3.05, 3.63) is 35.9 Å². The van der Waals surface area contributed by atoms with E-state index in [0.717, 1.165) is 0 Å². The molecule has 0 aliphatic heterocycles. The first-order valence-electron chi connectivity index (χ1n) is 5.03. The zero-order valence-corrected chi connectivity index (χ0v) is 9.78. The molecule has 0 saturated carbocycles. The van der Waals surface area contributed by atoms with Gasteiger partial charge in [0.2, 0.25) is 0 Å². The topological polar surface area (TPSA) is 46.5 Å². The van der Waals surface area contributed by atoms with Gasteiger partial charge in [-0.2, -0.15) is 0 Å². The zero-order chi connectivity index (χ0) is 12.3. The molecule has 86 valence electrons. The van der Waals surface area contributed by atoms with Crippen molar-refractivity contribution in [3.8, 4) is 5.75 Å². The first-order chi connectivity index (χ1) is 7.35. The van der Waals surface area contributed by atoms with Crippen LogP contribution in [0, 0.1) is 0 Å². The van der Waals surface area contributed by atoms with Gasteiger partial charge in [-0.05, 0) is 32.9 Å². The highest BCUT2D eigenvalue weighted by Gasteiger charge is 2.20. The van der Waals surface area contributed by atoms with Crippen molar-refractivity contribution in [3.63, 3.8) is 0 Å². The maximum absolute atomic E-state index is 11.8. The molecule has 0 heterocycles. The second kappa shape index (κ2) is 4.39. The van der Waals surface area contributed by atoms with Crippen molar-refractivity contribution < 1.29 is 14.6 Å². The van der Waals surface area contributed by atoms with Crippen LogP contribution in [0.4, 0.5) is 0 Å². The Labute approximate surface area is 95.4 Å². The SMILES string of the molecule is C=Cc1c(O)cccc1C(=O)OC(C)(C)C. The van der Waals surface area contributed by atoms with Crippen molar-refractivity contribution in [1.29, 1.82) is 0 Å². The number of carbonyl (C=O) groups excluding carboxylic acids is 1. The molecule has 0 unspecified atom stereocenters. The maximum Gasteiger partial charge on any atom is 0.339 e. The predicted molar refractivity (Wildman–Crippen MR) is 63.4 cm³/mol. The number of phenols is 1. The summed E-state index contributed by atoms with van der Waals surface area (Å²) in [5.41, 5.74) is 0.169. The maximum atomic E-state index is 11.8. The number of rotatable bonds is 2. The summed E-state index contributed by atoms with van der Waals surface area (Å²) in [6.07, 6.45) is 1.44. The van der Waals surface area contributed by atoms with Gasteiger partial charge >= 0.3 is 5.97 Å². The van der Waals surface area contributed by atoms with Gasteiger partial charge in [0.05, 0.1) is 5.56 Å². The molecular weight excluding hydrogens is 204 g/mol. The molecule has 0 saturated heterocycles. The first-order valence-corrected chi connectivity index (χ1v) is 5.03. The smallest absolute Gasteiger partial charge is 0.339 e. The summed E-state index contributed by atoms with van der Waals surface area (Å²) in [7, 11) is 0. The molecule has 16 heavy (non-hydrogen) atoms. The molecule has 0 amide bonds.